The first-order valence-electron chi connectivity index (χ1n) is 15.2. The van der Waals surface area contributed by atoms with E-state index in [9.17, 15) is 34.8 Å². The van der Waals surface area contributed by atoms with Crippen LogP contribution in [0.4, 0.5) is 0 Å². The van der Waals surface area contributed by atoms with Crippen molar-refractivity contribution in [2.75, 3.05) is 33.0 Å². The van der Waals surface area contributed by atoms with Gasteiger partial charge in [-0.2, -0.15) is 0 Å². The topological polar surface area (TPSA) is 169 Å². The molecule has 1 aromatic rings. The Balaban J connectivity index is 2.70. The van der Waals surface area contributed by atoms with Crippen LogP contribution in [-0.4, -0.2) is 101 Å². The minimum atomic E-state index is -2.34. The number of aliphatic hydroxyl groups excluding tert-OH is 4. The fourth-order valence-electron chi connectivity index (χ4n) is 5.43. The zero-order chi connectivity index (χ0) is 32.3. The van der Waals surface area contributed by atoms with Gasteiger partial charge in [-0.15, -0.1) is 0 Å². The van der Waals surface area contributed by atoms with Gasteiger partial charge in [-0.05, 0) is 52.2 Å². The van der Waals surface area contributed by atoms with Gasteiger partial charge in [0.15, 0.2) is 17.3 Å². The van der Waals surface area contributed by atoms with Crippen LogP contribution in [0, 0.1) is 6.92 Å². The molecule has 1 aliphatic rings. The van der Waals surface area contributed by atoms with Crippen molar-refractivity contribution in [1.82, 2.24) is 0 Å². The number of benzene rings is 1. The van der Waals surface area contributed by atoms with Gasteiger partial charge in [0.2, 0.25) is 5.79 Å². The molecule has 6 atom stereocenters. The van der Waals surface area contributed by atoms with Gasteiger partial charge in [-0.25, -0.2) is 0 Å². The Kier molecular flexibility index (Phi) is 15.0. The van der Waals surface area contributed by atoms with E-state index in [1.54, 1.807) is 6.92 Å². The molecular weight excluding hydrogens is 560 g/mol. The molecule has 43 heavy (non-hydrogen) atoms. The second-order valence-electron chi connectivity index (χ2n) is 11.3. The minimum absolute atomic E-state index is 0.0105. The molecule has 244 valence electrons. The molecule has 11 heteroatoms. The van der Waals surface area contributed by atoms with E-state index < -0.39 is 60.3 Å². The molecule has 0 spiro atoms. The Hall–Kier alpha value is -2.09. The molecule has 1 aromatic carbocycles. The number of rotatable bonds is 19. The maximum absolute atomic E-state index is 13.2. The average Bonchev–Trinajstić information content (AvgIpc) is 2.96. The molecule has 2 rings (SSSR count). The van der Waals surface area contributed by atoms with Crippen molar-refractivity contribution in [3.8, 4) is 0 Å². The highest BCUT2D eigenvalue weighted by Gasteiger charge is 2.57. The van der Waals surface area contributed by atoms with Gasteiger partial charge >= 0.3 is 0 Å². The van der Waals surface area contributed by atoms with Crippen molar-refractivity contribution in [3.63, 3.8) is 0 Å². The van der Waals surface area contributed by atoms with E-state index in [0.29, 0.717) is 13.2 Å². The second-order valence-corrected chi connectivity index (χ2v) is 11.3. The number of carbonyl (C=O) groups is 3. The highest BCUT2D eigenvalue weighted by atomic mass is 16.7. The number of ether oxygens (including phenoxy) is 4. The quantitative estimate of drug-likeness (QED) is 0.134. The molecule has 1 aliphatic heterocycles. The third-order valence-electron chi connectivity index (χ3n) is 7.69. The zero-order valence-corrected chi connectivity index (χ0v) is 26.4. The van der Waals surface area contributed by atoms with Crippen LogP contribution in [0.2, 0.25) is 0 Å². The van der Waals surface area contributed by atoms with Crippen LogP contribution in [0.5, 0.6) is 0 Å². The number of hydrogen-bond acceptors (Lipinski definition) is 11. The number of aryl methyl sites for hydroxylation is 1. The maximum Gasteiger partial charge on any atom is 0.226 e. The molecule has 0 aromatic heterocycles. The van der Waals surface area contributed by atoms with E-state index >= 15 is 0 Å². The maximum atomic E-state index is 13.2. The van der Waals surface area contributed by atoms with Crippen molar-refractivity contribution >= 4 is 17.3 Å². The van der Waals surface area contributed by atoms with Crippen molar-refractivity contribution in [3.05, 3.63) is 33.9 Å². The number of hydrogen-bond donors (Lipinski definition) is 4. The second kappa shape index (κ2) is 17.4. The van der Waals surface area contributed by atoms with Crippen LogP contribution < -0.4 is 0 Å². The first-order valence-corrected chi connectivity index (χ1v) is 15.2. The summed E-state index contributed by atoms with van der Waals surface area (Å²) in [5.41, 5.74) is -0.201. The van der Waals surface area contributed by atoms with E-state index in [0.717, 1.165) is 38.5 Å². The Morgan fingerprint density at radius 2 is 1.49 bits per heavy atom. The average molecular weight is 611 g/mol. The number of unbranched alkanes of at least 4 members (excludes halogenated alkanes) is 4. The largest absolute Gasteiger partial charge is 0.394 e. The number of Topliss-reactive ketones (excluding diaryl/α,β-unsaturated/α-hetero) is 3. The molecule has 2 unspecified atom stereocenters. The number of carbonyl (C=O) groups excluding carboxylic acids is 3. The molecule has 1 heterocycles. The fourth-order valence-corrected chi connectivity index (χ4v) is 5.43. The van der Waals surface area contributed by atoms with Gasteiger partial charge in [-0.3, -0.25) is 14.4 Å². The predicted octanol–water partition coefficient (Wildman–Crippen LogP) is 3.03. The first-order chi connectivity index (χ1) is 20.4. The molecule has 0 saturated carbocycles. The number of aliphatic hydroxyl groups is 4. The SMILES string of the molecule is CCCCCOCC(COC1(c2c(C)cc(C(C)=O)c(C(C)=O)c2C(C)=O)O[C@H](CO)[C@@H](O)[C@H](O)[C@H]1O)OCCCCC. The van der Waals surface area contributed by atoms with E-state index in [1.165, 1.54) is 26.8 Å². The Labute approximate surface area is 254 Å². The summed E-state index contributed by atoms with van der Waals surface area (Å²) in [6.07, 6.45) is -1.96. The fraction of sp³-hybridized carbons (Fsp3) is 0.719. The van der Waals surface area contributed by atoms with Crippen LogP contribution >= 0.6 is 0 Å². The van der Waals surface area contributed by atoms with Crippen LogP contribution in [0.3, 0.4) is 0 Å². The van der Waals surface area contributed by atoms with Crippen molar-refractivity contribution < 1.29 is 53.8 Å². The lowest BCUT2D eigenvalue weighted by Crippen LogP contribution is -2.65. The molecule has 4 N–H and O–H groups in total. The summed E-state index contributed by atoms with van der Waals surface area (Å²) in [6, 6.07) is 1.41. The molecule has 0 radical (unpaired) electrons. The highest BCUT2D eigenvalue weighted by molar-refractivity contribution is 6.15. The Bertz CT molecular complexity index is 1090. The lowest BCUT2D eigenvalue weighted by Gasteiger charge is -2.49. The van der Waals surface area contributed by atoms with Crippen LogP contribution in [0.15, 0.2) is 6.07 Å². The van der Waals surface area contributed by atoms with Gasteiger partial charge in [0, 0.05) is 35.5 Å². The summed E-state index contributed by atoms with van der Waals surface area (Å²) in [7, 11) is 0. The van der Waals surface area contributed by atoms with E-state index in [1.807, 2.05) is 0 Å². The molecule has 1 fully saturated rings. The number of ketones is 3. The summed E-state index contributed by atoms with van der Waals surface area (Å²) >= 11 is 0. The van der Waals surface area contributed by atoms with Crippen LogP contribution in [0.1, 0.15) is 115 Å². The van der Waals surface area contributed by atoms with Crippen molar-refractivity contribution in [1.29, 1.82) is 0 Å². The van der Waals surface area contributed by atoms with Crippen molar-refractivity contribution in [2.24, 2.45) is 0 Å². The van der Waals surface area contributed by atoms with Gasteiger partial charge in [0.05, 0.1) is 19.8 Å². The summed E-state index contributed by atoms with van der Waals surface area (Å²) in [4.78, 5) is 38.6. The third kappa shape index (κ3) is 8.98. The molecule has 1 saturated heterocycles. The standard InChI is InChI=1S/C32H50O11/c1-7-9-11-13-40-17-23(41-14-12-10-8-2)18-42-32(31(39)30(38)29(37)25(16-33)43-32)28-19(3)15-24(20(4)34)26(21(5)35)27(28)22(6)36/h15,23,25,29-31,33,37-39H,7-14,16-18H2,1-6H3/t23?,25-,29-,30+,31-,32?/m1/s1. The summed E-state index contributed by atoms with van der Waals surface area (Å²) in [5, 5.41) is 43.1. The van der Waals surface area contributed by atoms with E-state index in [2.05, 4.69) is 13.8 Å². The van der Waals surface area contributed by atoms with Gasteiger partial charge in [0.1, 0.15) is 30.5 Å². The monoisotopic (exact) mass is 610 g/mol. The predicted molar refractivity (Wildman–Crippen MR) is 158 cm³/mol. The molecule has 0 aliphatic carbocycles. The van der Waals surface area contributed by atoms with Crippen LogP contribution in [-0.2, 0) is 24.7 Å². The molecule has 0 amide bonds. The lowest BCUT2D eigenvalue weighted by atomic mass is 9.79. The zero-order valence-electron chi connectivity index (χ0n) is 26.4. The van der Waals surface area contributed by atoms with Gasteiger partial charge < -0.3 is 39.4 Å². The van der Waals surface area contributed by atoms with E-state index in [4.69, 9.17) is 18.9 Å². The Morgan fingerprint density at radius 3 is 2.02 bits per heavy atom. The smallest absolute Gasteiger partial charge is 0.226 e. The normalized spacial score (nSPS) is 24.6. The van der Waals surface area contributed by atoms with Gasteiger partial charge in [-0.1, -0.05) is 39.5 Å². The summed E-state index contributed by atoms with van der Waals surface area (Å²) in [5.74, 6) is -3.98. The Morgan fingerprint density at radius 1 is 0.884 bits per heavy atom. The lowest BCUT2D eigenvalue weighted by molar-refractivity contribution is -0.377. The van der Waals surface area contributed by atoms with Gasteiger partial charge in [0.25, 0.3) is 0 Å². The molecule has 11 nitrogen and oxygen atoms in total. The molecule has 0 bridgehead atoms. The minimum Gasteiger partial charge on any atom is -0.394 e. The van der Waals surface area contributed by atoms with E-state index in [-0.39, 0.29) is 41.0 Å². The summed E-state index contributed by atoms with van der Waals surface area (Å²) in [6.45, 7) is 9.48. The van der Waals surface area contributed by atoms with Crippen LogP contribution in [0.25, 0.3) is 0 Å². The third-order valence-corrected chi connectivity index (χ3v) is 7.69. The molecular formula is C32H50O11. The first kappa shape index (κ1) is 37.1. The van der Waals surface area contributed by atoms with Crippen molar-refractivity contribution in [2.45, 2.75) is 116 Å². The summed E-state index contributed by atoms with van der Waals surface area (Å²) < 4.78 is 24.3. The highest BCUT2D eigenvalue weighted by Crippen LogP contribution is 2.44.